The average molecular weight is 131 g/mol. The minimum Gasteiger partial charge on any atom is -0.0149 e. The Morgan fingerprint density at radius 2 is 1.00 bits per heavy atom. The van der Waals surface area contributed by atoms with Gasteiger partial charge in [-0.2, -0.15) is 0 Å². The van der Waals surface area contributed by atoms with Gasteiger partial charge in [0.25, 0.3) is 0 Å². The minimum absolute atomic E-state index is 0. The van der Waals surface area contributed by atoms with Gasteiger partial charge in [-0.25, -0.2) is 0 Å². The van der Waals surface area contributed by atoms with Crippen LogP contribution >= 0.6 is 0 Å². The van der Waals surface area contributed by atoms with Crippen LogP contribution in [0.2, 0.25) is 0 Å². The molecule has 0 N–H and O–H groups in total. The van der Waals surface area contributed by atoms with Gasteiger partial charge < -0.3 is 0 Å². The molecule has 3 heteroatoms. The number of nitrogens with zero attached hydrogens (tertiary/aromatic N) is 1. The summed E-state index contributed by atoms with van der Waals surface area (Å²) in [4.78, 5) is 0. The predicted molar refractivity (Wildman–Crippen MR) is 22.5 cm³/mol. The van der Waals surface area contributed by atoms with Gasteiger partial charge >= 0.3 is 0 Å². The van der Waals surface area contributed by atoms with E-state index in [1.807, 2.05) is 0 Å². The summed E-state index contributed by atoms with van der Waals surface area (Å²) in [6, 6.07) is 0. The Morgan fingerprint density at radius 1 is 1.00 bits per heavy atom. The second-order valence-corrected chi connectivity index (χ2v) is 0. The average Bonchev–Trinajstić information content (AvgIpc) is 0. The first-order chi connectivity index (χ1) is 0. The second kappa shape index (κ2) is 53.1. The van der Waals surface area contributed by atoms with Gasteiger partial charge in [0, 0.05) is 31.2 Å². The van der Waals surface area contributed by atoms with Gasteiger partial charge in [-0.15, -0.1) is 0 Å². The fourth-order valence-corrected chi connectivity index (χ4v) is 0. The SMILES string of the molecule is [C].[Ge].[N].[SiH4]. The molecule has 1 nitrogen and oxygen atoms in total. The Bertz CT molecular complexity index is 8.00. The summed E-state index contributed by atoms with van der Waals surface area (Å²) in [7, 11) is 0. The molecule has 0 fully saturated rings. The molecule has 0 saturated carbocycles. The molecule has 4 heavy (non-hydrogen) atoms. The van der Waals surface area contributed by atoms with Crippen molar-refractivity contribution < 1.29 is 0 Å². The molecule has 0 aliphatic carbocycles. The number of hydrogen-bond acceptors (Lipinski definition) is 0. The van der Waals surface area contributed by atoms with Crippen molar-refractivity contribution in [1.82, 2.24) is 6.15 Å². The molecule has 0 amide bonds. The fraction of sp³-hybridized carbons (Fsp3) is 0. The van der Waals surface area contributed by atoms with Gasteiger partial charge in [0.2, 0.25) is 0 Å². The van der Waals surface area contributed by atoms with Crippen molar-refractivity contribution in [2.75, 3.05) is 0 Å². The molecule has 0 aliphatic rings. The third kappa shape index (κ3) is 15.5. The molecule has 0 aromatic carbocycles. The Labute approximate surface area is 42.7 Å². The molecule has 0 rings (SSSR count). The molecule has 0 aromatic rings. The molecular formula is CH4GeNSi. The third-order valence-corrected chi connectivity index (χ3v) is 0. The molecule has 0 heterocycles. The Balaban J connectivity index is 0. The van der Waals surface area contributed by atoms with Crippen molar-refractivity contribution in [2.24, 2.45) is 0 Å². The van der Waals surface area contributed by atoms with E-state index < -0.39 is 0 Å². The Morgan fingerprint density at radius 3 is 1.00 bits per heavy atom. The van der Waals surface area contributed by atoms with Crippen molar-refractivity contribution in [1.29, 1.82) is 0 Å². The molecule has 0 unspecified atom stereocenters. The maximum Gasteiger partial charge on any atom is 0 e. The van der Waals surface area contributed by atoms with Crippen molar-refractivity contribution in [3.8, 4) is 0 Å². The van der Waals surface area contributed by atoms with Gasteiger partial charge in [0.05, 0.1) is 0 Å². The van der Waals surface area contributed by atoms with E-state index in [9.17, 15) is 0 Å². The van der Waals surface area contributed by atoms with Crippen LogP contribution in [-0.4, -0.2) is 28.6 Å². The van der Waals surface area contributed by atoms with E-state index in [0.29, 0.717) is 0 Å². The van der Waals surface area contributed by atoms with E-state index in [0.717, 1.165) is 0 Å². The second-order valence-electron chi connectivity index (χ2n) is 0. The monoisotopic (exact) mass is 132 g/mol. The summed E-state index contributed by atoms with van der Waals surface area (Å²) in [6.07, 6.45) is 0. The van der Waals surface area contributed by atoms with Gasteiger partial charge in [-0.1, -0.05) is 0 Å². The van der Waals surface area contributed by atoms with Crippen LogP contribution in [0.25, 0.3) is 0 Å². The first-order valence-electron chi connectivity index (χ1n) is 0. The summed E-state index contributed by atoms with van der Waals surface area (Å²) < 4.78 is 0. The van der Waals surface area contributed by atoms with Crippen molar-refractivity contribution >= 4 is 28.6 Å². The normalized spacial score (nSPS) is 0. The van der Waals surface area contributed by atoms with Crippen LogP contribution in [0.15, 0.2) is 0 Å². The van der Waals surface area contributed by atoms with Crippen molar-refractivity contribution in [3.63, 3.8) is 0 Å². The largest absolute Gasteiger partial charge is 0.0149 e. The van der Waals surface area contributed by atoms with Crippen LogP contribution in [0.1, 0.15) is 0 Å². The smallest absolute Gasteiger partial charge is 0 e. The summed E-state index contributed by atoms with van der Waals surface area (Å²) in [6.45, 7) is 0. The van der Waals surface area contributed by atoms with Crippen LogP contribution in [0.4, 0.5) is 0 Å². The van der Waals surface area contributed by atoms with Crippen LogP contribution in [0.3, 0.4) is 0 Å². The fourth-order valence-electron chi connectivity index (χ4n) is 0. The Kier molecular flexibility index (Phi) is 1670. The quantitative estimate of drug-likeness (QED) is 0.333. The number of hydrogen-bond donors (Lipinski definition) is 0. The summed E-state index contributed by atoms with van der Waals surface area (Å²) in [5.74, 6) is 0. The van der Waals surface area contributed by atoms with Crippen LogP contribution in [0, 0.1) is 7.43 Å². The topological polar surface area (TPSA) is 30.5 Å². The molecule has 0 aliphatic heterocycles. The van der Waals surface area contributed by atoms with Crippen molar-refractivity contribution in [2.45, 2.75) is 0 Å². The first kappa shape index (κ1) is 126. The molecule has 0 bridgehead atoms. The van der Waals surface area contributed by atoms with E-state index in [1.165, 1.54) is 0 Å². The zero-order valence-electron chi connectivity index (χ0n) is 1.45. The maximum absolute atomic E-state index is 0. The van der Waals surface area contributed by atoms with Gasteiger partial charge in [0.1, 0.15) is 0 Å². The van der Waals surface area contributed by atoms with E-state index in [-0.39, 0.29) is 42.1 Å². The zero-order chi connectivity index (χ0) is 0. The standard InChI is InChI=1S/C.Ge.N.H4Si/h;;;1H4. The molecule has 21 valence electrons. The van der Waals surface area contributed by atoms with Gasteiger partial charge in [-0.3, -0.25) is 0 Å². The maximum atomic E-state index is 0. The molecule has 0 spiro atoms. The predicted octanol–water partition coefficient (Wildman–Crippen LogP) is -2.23. The zero-order valence-corrected chi connectivity index (χ0v) is 3.55. The van der Waals surface area contributed by atoms with E-state index in [1.54, 1.807) is 0 Å². The molecular weight excluding hydrogens is 127 g/mol. The van der Waals surface area contributed by atoms with Gasteiger partial charge in [-0.05, 0) is 11.0 Å². The molecule has 11 radical (unpaired) electrons. The summed E-state index contributed by atoms with van der Waals surface area (Å²) >= 11 is 0. The third-order valence-electron chi connectivity index (χ3n) is 0. The van der Waals surface area contributed by atoms with E-state index in [4.69, 9.17) is 0 Å². The van der Waals surface area contributed by atoms with Crippen molar-refractivity contribution in [3.05, 3.63) is 7.43 Å². The summed E-state index contributed by atoms with van der Waals surface area (Å²) in [5.41, 5.74) is 0. The van der Waals surface area contributed by atoms with Gasteiger partial charge in [0.15, 0.2) is 0 Å². The van der Waals surface area contributed by atoms with Crippen LogP contribution in [-0.2, 0) is 0 Å². The van der Waals surface area contributed by atoms with Crippen LogP contribution in [0.5, 0.6) is 0 Å². The van der Waals surface area contributed by atoms with E-state index in [2.05, 4.69) is 0 Å². The molecule has 0 aromatic heterocycles. The van der Waals surface area contributed by atoms with Crippen LogP contribution < -0.4 is 6.15 Å². The Hall–Kier alpha value is 0.720. The molecule has 0 atom stereocenters. The first-order valence-corrected chi connectivity index (χ1v) is 0. The van der Waals surface area contributed by atoms with E-state index >= 15 is 0 Å². The molecule has 0 saturated heterocycles. The summed E-state index contributed by atoms with van der Waals surface area (Å²) in [5, 5.41) is 0. The minimum atomic E-state index is 0. The number of rotatable bonds is 0.